The van der Waals surface area contributed by atoms with Gasteiger partial charge in [0.25, 0.3) is 5.91 Å². The normalized spacial score (nSPS) is 22.7. The molecule has 1 spiro atoms. The second kappa shape index (κ2) is 9.32. The predicted molar refractivity (Wildman–Crippen MR) is 143 cm³/mol. The highest BCUT2D eigenvalue weighted by atomic mass is 16.5. The molecule has 0 radical (unpaired) electrons. The summed E-state index contributed by atoms with van der Waals surface area (Å²) < 4.78 is 13.2. The molecule has 2 saturated heterocycles. The summed E-state index contributed by atoms with van der Waals surface area (Å²) in [7, 11) is 3.34. The number of piperidine rings is 1. The number of carbonyl (C=O) groups excluding carboxylic acids is 1. The van der Waals surface area contributed by atoms with E-state index in [9.17, 15) is 9.90 Å². The number of rotatable bonds is 4. The van der Waals surface area contributed by atoms with Crippen LogP contribution in [0.3, 0.4) is 0 Å². The van der Waals surface area contributed by atoms with E-state index in [0.717, 1.165) is 46.8 Å². The zero-order chi connectivity index (χ0) is 26.6. The molecule has 0 saturated carbocycles. The van der Waals surface area contributed by atoms with Gasteiger partial charge in [-0.3, -0.25) is 4.79 Å². The first kappa shape index (κ1) is 24.8. The number of aliphatic hydroxyl groups excluding tert-OH is 1. The van der Waals surface area contributed by atoms with Crippen molar-refractivity contribution in [1.82, 2.24) is 24.1 Å². The predicted octanol–water partition coefficient (Wildman–Crippen LogP) is 3.44. The van der Waals surface area contributed by atoms with Crippen LogP contribution in [0.2, 0.25) is 0 Å². The fraction of sp³-hybridized carbons (Fsp3) is 0.448. The fourth-order valence-electron chi connectivity index (χ4n) is 6.73. The molecule has 2 aromatic heterocycles. The number of aromatic nitrogens is 2. The molecule has 2 fully saturated rings. The number of hydrogen-bond donors (Lipinski definition) is 1. The number of ether oxygens (including phenoxy) is 2. The van der Waals surface area contributed by atoms with Crippen LogP contribution in [-0.2, 0) is 6.54 Å². The molecule has 3 aliphatic heterocycles. The van der Waals surface area contributed by atoms with Gasteiger partial charge in [-0.15, -0.1) is 0 Å². The van der Waals surface area contributed by atoms with Crippen molar-refractivity contribution in [2.45, 2.75) is 51.0 Å². The van der Waals surface area contributed by atoms with Gasteiger partial charge >= 0.3 is 0 Å². The first-order chi connectivity index (χ1) is 18.4. The van der Waals surface area contributed by atoms with Crippen LogP contribution in [0, 0.1) is 0 Å². The topological polar surface area (TPSA) is 82.8 Å². The van der Waals surface area contributed by atoms with Gasteiger partial charge in [0.1, 0.15) is 22.8 Å². The monoisotopic (exact) mass is 517 g/mol. The summed E-state index contributed by atoms with van der Waals surface area (Å²) >= 11 is 0. The van der Waals surface area contributed by atoms with E-state index in [1.54, 1.807) is 20.4 Å². The second-order valence-corrected chi connectivity index (χ2v) is 10.4. The van der Waals surface area contributed by atoms with Crippen molar-refractivity contribution in [2.75, 3.05) is 33.9 Å². The number of pyridine rings is 1. The average Bonchev–Trinajstić information content (AvgIpc) is 3.40. The maximum atomic E-state index is 13.4. The summed E-state index contributed by atoms with van der Waals surface area (Å²) in [4.78, 5) is 24.1. The van der Waals surface area contributed by atoms with Crippen molar-refractivity contribution in [3.05, 3.63) is 71.3 Å². The number of aliphatic hydroxyl groups is 1. The first-order valence-corrected chi connectivity index (χ1v) is 13.3. The lowest BCUT2D eigenvalue weighted by Crippen LogP contribution is -2.55. The Kier molecular flexibility index (Phi) is 6.07. The number of allylic oxidation sites excluding steroid dienone is 1. The van der Waals surface area contributed by atoms with E-state index in [0.29, 0.717) is 31.9 Å². The lowest BCUT2D eigenvalue weighted by molar-refractivity contribution is -0.0852. The van der Waals surface area contributed by atoms with Gasteiger partial charge in [-0.2, -0.15) is 0 Å². The van der Waals surface area contributed by atoms with Crippen molar-refractivity contribution < 1.29 is 19.4 Å². The van der Waals surface area contributed by atoms with Crippen LogP contribution in [0.15, 0.2) is 54.5 Å². The zero-order valence-electron chi connectivity index (χ0n) is 22.4. The van der Waals surface area contributed by atoms with Crippen molar-refractivity contribution in [3.8, 4) is 11.5 Å². The third-order valence-corrected chi connectivity index (χ3v) is 8.56. The Hall–Kier alpha value is -3.56. The minimum atomic E-state index is -0.748. The molecule has 38 heavy (non-hydrogen) atoms. The number of benzene rings is 1. The van der Waals surface area contributed by atoms with Gasteiger partial charge in [-0.05, 0) is 36.6 Å². The third-order valence-electron chi connectivity index (χ3n) is 8.56. The van der Waals surface area contributed by atoms with Crippen LogP contribution >= 0.6 is 0 Å². The number of nitrogens with zero attached hydrogens (tertiary/aromatic N) is 5. The molecular formula is C29H35N5O4. The molecule has 1 aromatic carbocycles. The zero-order valence-corrected chi connectivity index (χ0v) is 22.4. The van der Waals surface area contributed by atoms with Gasteiger partial charge in [0, 0.05) is 61.8 Å². The molecule has 6 rings (SSSR count). The number of methoxy groups -OCH3 is 2. The van der Waals surface area contributed by atoms with Crippen molar-refractivity contribution in [2.24, 2.45) is 0 Å². The average molecular weight is 518 g/mol. The van der Waals surface area contributed by atoms with Gasteiger partial charge in [0.15, 0.2) is 6.35 Å². The number of likely N-dealkylation sites (N-methyl/N-ethyl adjacent to an activating group) is 1. The van der Waals surface area contributed by atoms with Gasteiger partial charge in [0.2, 0.25) is 0 Å². The van der Waals surface area contributed by atoms with E-state index in [1.807, 2.05) is 39.8 Å². The summed E-state index contributed by atoms with van der Waals surface area (Å²) in [6, 6.07) is 9.73. The summed E-state index contributed by atoms with van der Waals surface area (Å²) in [5, 5.41) is 11.6. The highest BCUT2D eigenvalue weighted by Crippen LogP contribution is 2.50. The summed E-state index contributed by atoms with van der Waals surface area (Å²) in [6.45, 7) is 6.73. The lowest BCUT2D eigenvalue weighted by atomic mass is 9.82. The maximum Gasteiger partial charge on any atom is 0.274 e. The highest BCUT2D eigenvalue weighted by molar-refractivity contribution is 5.93. The number of imidazole rings is 1. The molecule has 9 nitrogen and oxygen atoms in total. The number of likely N-dealkylation sites (tertiary alicyclic amines) is 1. The van der Waals surface area contributed by atoms with E-state index in [1.165, 1.54) is 0 Å². The minimum absolute atomic E-state index is 0.0468. The largest absolute Gasteiger partial charge is 0.497 e. The Bertz CT molecular complexity index is 1370. The Balaban J connectivity index is 1.31. The Morgan fingerprint density at radius 1 is 1.18 bits per heavy atom. The number of amides is 1. The number of fused-ring (bicyclic) bond motifs is 4. The summed E-state index contributed by atoms with van der Waals surface area (Å²) in [5.41, 5.74) is 4.23. The third kappa shape index (κ3) is 3.67. The smallest absolute Gasteiger partial charge is 0.274 e. The first-order valence-electron chi connectivity index (χ1n) is 13.3. The van der Waals surface area contributed by atoms with Gasteiger partial charge in [-0.1, -0.05) is 26.0 Å². The fourth-order valence-corrected chi connectivity index (χ4v) is 6.73. The van der Waals surface area contributed by atoms with Gasteiger partial charge in [0.05, 0.1) is 19.8 Å². The van der Waals surface area contributed by atoms with E-state index in [2.05, 4.69) is 40.8 Å². The van der Waals surface area contributed by atoms with Crippen LogP contribution in [-0.4, -0.2) is 80.8 Å². The van der Waals surface area contributed by atoms with Crippen LogP contribution < -0.4 is 9.47 Å². The molecule has 9 heteroatoms. The van der Waals surface area contributed by atoms with Gasteiger partial charge < -0.3 is 28.8 Å². The molecule has 1 amide bonds. The molecule has 200 valence electrons. The molecule has 1 N–H and O–H groups in total. The minimum Gasteiger partial charge on any atom is -0.497 e. The van der Waals surface area contributed by atoms with E-state index < -0.39 is 6.35 Å². The standard InChI is InChI=1S/C29H35N5O4/c1-5-34-28(36)33-17-20-15-21(37-3)16-23(38-4)26(20)19(2)14-24(33)29(34)9-12-31(13-10-29)27(35)22-18-32-11-7-6-8-25(32)30-22/h6-8,11,14-16,18-19,28,36H,5,9-10,12-13,17H2,1-4H3/t19-,28?/m0/s1. The lowest BCUT2D eigenvalue weighted by Gasteiger charge is -2.44. The number of carbonyl (C=O) groups is 1. The number of hydrogen-bond acceptors (Lipinski definition) is 7. The summed E-state index contributed by atoms with van der Waals surface area (Å²) in [5.74, 6) is 1.58. The Morgan fingerprint density at radius 2 is 1.97 bits per heavy atom. The van der Waals surface area contributed by atoms with Crippen molar-refractivity contribution in [3.63, 3.8) is 0 Å². The molecule has 3 aromatic rings. The maximum absolute atomic E-state index is 13.4. The molecule has 0 aliphatic carbocycles. The Labute approximate surface area is 222 Å². The van der Waals surface area contributed by atoms with Crippen LogP contribution in [0.1, 0.15) is 54.2 Å². The molecule has 2 atom stereocenters. The van der Waals surface area contributed by atoms with Gasteiger partial charge in [-0.25, -0.2) is 9.88 Å². The SMILES string of the molecule is CCN1C(O)N2Cc3cc(OC)cc(OC)c3[C@@H](C)C=C2C12CCN(C(=O)c1cn3ccccc3n1)CC2. The molecule has 1 unspecified atom stereocenters. The molecule has 3 aliphatic rings. The molecular weight excluding hydrogens is 482 g/mol. The summed E-state index contributed by atoms with van der Waals surface area (Å²) in [6.07, 6.45) is 6.73. The van der Waals surface area contributed by atoms with E-state index in [-0.39, 0.29) is 17.4 Å². The molecule has 5 heterocycles. The highest BCUT2D eigenvalue weighted by Gasteiger charge is 2.55. The van der Waals surface area contributed by atoms with Crippen LogP contribution in [0.25, 0.3) is 5.65 Å². The van der Waals surface area contributed by atoms with E-state index in [4.69, 9.17) is 9.47 Å². The van der Waals surface area contributed by atoms with Crippen molar-refractivity contribution in [1.29, 1.82) is 0 Å². The quantitative estimate of drug-likeness (QED) is 0.568. The van der Waals surface area contributed by atoms with Crippen LogP contribution in [0.5, 0.6) is 11.5 Å². The Morgan fingerprint density at radius 3 is 2.66 bits per heavy atom. The second-order valence-electron chi connectivity index (χ2n) is 10.4. The van der Waals surface area contributed by atoms with Crippen LogP contribution in [0.4, 0.5) is 0 Å². The van der Waals surface area contributed by atoms with Crippen molar-refractivity contribution >= 4 is 11.6 Å². The molecule has 0 bridgehead atoms. The van der Waals surface area contributed by atoms with E-state index >= 15 is 0 Å².